The number of aliphatic carboxylic acids is 1. The number of para-hydroxylation sites is 1. The van der Waals surface area contributed by atoms with Crippen LogP contribution in [0.25, 0.3) is 10.9 Å². The van der Waals surface area contributed by atoms with E-state index in [0.717, 1.165) is 10.9 Å². The molecular weight excluding hydrogens is 937 g/mol. The molecule has 1 aromatic heterocycles. The normalized spacial score (nSPS) is 13.4. The van der Waals surface area contributed by atoms with E-state index in [1.807, 2.05) is 24.3 Å². The van der Waals surface area contributed by atoms with E-state index in [1.165, 1.54) is 43.0 Å². The van der Waals surface area contributed by atoms with E-state index in [-0.39, 0.29) is 44.4 Å². The smallest absolute Gasteiger partial charge is 0.446 e. The van der Waals surface area contributed by atoms with Gasteiger partial charge >= 0.3 is 16.4 Å². The third-order valence-corrected chi connectivity index (χ3v) is 11.6. The Balaban J connectivity index is 1.38. The third-order valence-electron chi connectivity index (χ3n) is 10.6. The summed E-state index contributed by atoms with van der Waals surface area (Å²) in [5, 5.41) is 26.2. The molecule has 0 spiro atoms. The number of nitrogens with two attached hydrogens (primary N) is 1. The van der Waals surface area contributed by atoms with Crippen molar-refractivity contribution in [2.45, 2.75) is 94.9 Å². The molecule has 0 aliphatic heterocycles. The largest absolute Gasteiger partial charge is 0.481 e. The lowest BCUT2D eigenvalue weighted by Crippen LogP contribution is -2.59. The molecule has 5 atom stereocenters. The fourth-order valence-corrected chi connectivity index (χ4v) is 8.01. The molecule has 0 aliphatic rings. The maximum Gasteiger partial charge on any atom is 0.446 e. The maximum absolute atomic E-state index is 14.1. The van der Waals surface area contributed by atoms with Gasteiger partial charge in [0.2, 0.25) is 41.4 Å². The zero-order chi connectivity index (χ0) is 50.5. The van der Waals surface area contributed by atoms with Gasteiger partial charge in [0.1, 0.15) is 36.0 Å². The number of carbonyl (C=O) groups excluding carboxylic acids is 7. The number of carboxylic acid groups (broad SMARTS) is 1. The van der Waals surface area contributed by atoms with Gasteiger partial charge in [0, 0.05) is 56.3 Å². The zero-order valence-electron chi connectivity index (χ0n) is 38.0. The lowest BCUT2D eigenvalue weighted by atomic mass is 10.0. The first kappa shape index (κ1) is 54.6. The number of primary amides is 1. The molecule has 0 saturated heterocycles. The summed E-state index contributed by atoms with van der Waals surface area (Å²) < 4.78 is 35.3. The summed E-state index contributed by atoms with van der Waals surface area (Å²) in [7, 11) is -4.72. The number of rotatable bonds is 29. The minimum absolute atomic E-state index is 0.00361. The number of hydrogen-bond donors (Lipinski definition) is 10. The van der Waals surface area contributed by atoms with Gasteiger partial charge in [0.05, 0.1) is 6.42 Å². The molecule has 0 radical (unpaired) electrons. The highest BCUT2D eigenvalue weighted by Crippen LogP contribution is 2.20. The van der Waals surface area contributed by atoms with Gasteiger partial charge in [0.25, 0.3) is 0 Å². The molecule has 4 aromatic rings. The third kappa shape index (κ3) is 19.3. The first-order valence-corrected chi connectivity index (χ1v) is 24.7. The summed E-state index contributed by atoms with van der Waals surface area (Å²) in [6.07, 6.45) is 4.10. The van der Waals surface area contributed by atoms with Crippen LogP contribution in [0.5, 0.6) is 5.75 Å². The molecule has 372 valence electrons. The van der Waals surface area contributed by atoms with Crippen LogP contribution in [0.1, 0.15) is 62.1 Å². The number of unbranched alkanes of at least 4 members (excludes halogenated alkanes) is 2. The number of fused-ring (bicyclic) bond motifs is 1. The van der Waals surface area contributed by atoms with Gasteiger partial charge in [-0.1, -0.05) is 67.1 Å². The predicted molar refractivity (Wildman–Crippen MR) is 256 cm³/mol. The van der Waals surface area contributed by atoms with Crippen LogP contribution in [0.3, 0.4) is 0 Å². The van der Waals surface area contributed by atoms with Crippen molar-refractivity contribution in [1.82, 2.24) is 36.9 Å². The van der Waals surface area contributed by atoms with Crippen molar-refractivity contribution < 1.29 is 60.6 Å². The number of nitrogens with one attached hydrogen (secondary N) is 7. The number of H-pyrrole nitrogens is 1. The van der Waals surface area contributed by atoms with Gasteiger partial charge in [-0.05, 0) is 66.2 Å². The highest BCUT2D eigenvalue weighted by Gasteiger charge is 2.32. The highest BCUT2D eigenvalue weighted by atomic mass is 32.3. The lowest BCUT2D eigenvalue weighted by molar-refractivity contribution is -0.141. The Morgan fingerprint density at radius 1 is 0.696 bits per heavy atom. The predicted octanol–water partition coefficient (Wildman–Crippen LogP) is 1.21. The molecule has 11 N–H and O–H groups in total. The molecule has 7 amide bonds. The average molecular weight is 995 g/mol. The lowest BCUT2D eigenvalue weighted by Gasteiger charge is -2.26. The topological polar surface area (TPSA) is 334 Å². The van der Waals surface area contributed by atoms with Crippen molar-refractivity contribution >= 4 is 80.4 Å². The Labute approximate surface area is 403 Å². The number of aromatic nitrogens is 1. The molecule has 0 saturated carbocycles. The molecule has 69 heavy (non-hydrogen) atoms. The maximum atomic E-state index is 14.1. The van der Waals surface area contributed by atoms with Crippen LogP contribution in [0.2, 0.25) is 0 Å². The minimum Gasteiger partial charge on any atom is -0.481 e. The summed E-state index contributed by atoms with van der Waals surface area (Å²) in [5.41, 5.74) is 8.29. The number of carboxylic acids is 1. The standard InChI is InChI=1S/C46H58N8O13S2/c1-28(55)50-37(24-30-16-18-32(19-17-30)67-69(64,65)66)43(60)48-21-10-4-7-15-40(56)51-38(25-31-27-49-34-14-9-8-13-33(31)34)45(62)52-35(20-22-68-2)44(61)54-39(26-41(57)58)46(63)53-36(42(47)59)23-29-11-5-3-6-12-29/h3,5-6,8-9,11-14,16-19,27,35-39,49H,4,7,10,15,20-26H2,1-2H3,(H2,47,59)(H,48,60)(H,50,55)(H,51,56)(H,52,62)(H,53,63)(H,54,61)(H,57,58)(H,64,65,66)/t35-,36-,37-,38-,39-/m0/s1. The Hall–Kier alpha value is -6.98. The summed E-state index contributed by atoms with van der Waals surface area (Å²) in [5.74, 6) is -6.04. The fourth-order valence-electron chi connectivity index (χ4n) is 7.19. The van der Waals surface area contributed by atoms with Crippen molar-refractivity contribution in [3.8, 4) is 5.75 Å². The van der Waals surface area contributed by atoms with E-state index in [4.69, 9.17) is 10.3 Å². The molecule has 21 nitrogen and oxygen atoms in total. The van der Waals surface area contributed by atoms with Gasteiger partial charge in [-0.2, -0.15) is 20.2 Å². The van der Waals surface area contributed by atoms with Gasteiger partial charge in [-0.3, -0.25) is 42.9 Å². The first-order valence-electron chi connectivity index (χ1n) is 21.9. The van der Waals surface area contributed by atoms with Crippen molar-refractivity contribution in [3.63, 3.8) is 0 Å². The SMILES string of the molecule is CSCC[C@H](NC(=O)[C@H](Cc1c[nH]c2ccccc12)NC(=O)CCCCCNC(=O)[C@H](Cc1ccc(OS(=O)(=O)O)cc1)NC(C)=O)C(=O)N[C@@H](CC(=O)O)C(=O)N[C@@H](Cc1ccccc1)C(N)=O. The van der Waals surface area contributed by atoms with E-state index in [9.17, 15) is 51.9 Å². The molecule has 0 aliphatic carbocycles. The average Bonchev–Trinajstić information content (AvgIpc) is 3.70. The number of benzene rings is 3. The fraction of sp³-hybridized carbons (Fsp3) is 0.391. The van der Waals surface area contributed by atoms with Crippen LogP contribution in [0.4, 0.5) is 0 Å². The van der Waals surface area contributed by atoms with Gasteiger partial charge < -0.3 is 51.9 Å². The Bertz CT molecular complexity index is 2520. The Kier molecular flexibility index (Phi) is 21.5. The van der Waals surface area contributed by atoms with E-state index in [1.54, 1.807) is 42.8 Å². The van der Waals surface area contributed by atoms with Crippen LogP contribution in [-0.2, 0) is 68.0 Å². The van der Waals surface area contributed by atoms with Crippen LogP contribution < -0.4 is 41.8 Å². The number of carbonyl (C=O) groups is 8. The van der Waals surface area contributed by atoms with E-state index in [2.05, 4.69) is 41.1 Å². The van der Waals surface area contributed by atoms with E-state index in [0.29, 0.717) is 41.7 Å². The highest BCUT2D eigenvalue weighted by molar-refractivity contribution is 7.98. The summed E-state index contributed by atoms with van der Waals surface area (Å²) in [6.45, 7) is 1.46. The van der Waals surface area contributed by atoms with Crippen LogP contribution in [0.15, 0.2) is 85.1 Å². The number of amides is 7. The number of hydrogen-bond acceptors (Lipinski definition) is 12. The van der Waals surface area contributed by atoms with Crippen molar-refractivity contribution in [2.75, 3.05) is 18.6 Å². The second-order valence-electron chi connectivity index (χ2n) is 16.1. The number of thioether (sulfide) groups is 1. The molecule has 0 bridgehead atoms. The Morgan fingerprint density at radius 3 is 1.94 bits per heavy atom. The molecular formula is C46H58N8O13S2. The Morgan fingerprint density at radius 2 is 1.29 bits per heavy atom. The molecule has 3 aromatic carbocycles. The van der Waals surface area contributed by atoms with Crippen LogP contribution in [-0.4, -0.2) is 119 Å². The monoisotopic (exact) mass is 994 g/mol. The van der Waals surface area contributed by atoms with Crippen molar-refractivity contribution in [2.24, 2.45) is 5.73 Å². The molecule has 0 fully saturated rings. The van der Waals surface area contributed by atoms with E-state index < -0.39 is 94.3 Å². The van der Waals surface area contributed by atoms with Crippen molar-refractivity contribution in [1.29, 1.82) is 0 Å². The van der Waals surface area contributed by atoms with Crippen LogP contribution >= 0.6 is 11.8 Å². The van der Waals surface area contributed by atoms with E-state index >= 15 is 0 Å². The summed E-state index contributed by atoms with van der Waals surface area (Å²) in [6, 6.07) is 15.2. The second-order valence-corrected chi connectivity index (χ2v) is 18.1. The molecule has 4 rings (SSSR count). The minimum atomic E-state index is -4.72. The van der Waals surface area contributed by atoms with Gasteiger partial charge in [-0.15, -0.1) is 0 Å². The van der Waals surface area contributed by atoms with Crippen molar-refractivity contribution in [3.05, 3.63) is 102 Å². The number of aromatic amines is 1. The quantitative estimate of drug-likeness (QED) is 0.0270. The van der Waals surface area contributed by atoms with Crippen LogP contribution in [0, 0.1) is 0 Å². The van der Waals surface area contributed by atoms with Gasteiger partial charge in [-0.25, -0.2) is 0 Å². The first-order chi connectivity index (χ1) is 32.8. The molecule has 1 heterocycles. The molecule has 0 unspecified atom stereocenters. The molecule has 23 heteroatoms. The zero-order valence-corrected chi connectivity index (χ0v) is 39.7. The summed E-state index contributed by atoms with van der Waals surface area (Å²) in [4.78, 5) is 107. The second kappa shape index (κ2) is 27.1. The summed E-state index contributed by atoms with van der Waals surface area (Å²) >= 11 is 1.37. The van der Waals surface area contributed by atoms with Gasteiger partial charge in [0.15, 0.2) is 0 Å².